The van der Waals surface area contributed by atoms with E-state index in [4.69, 9.17) is 5.73 Å². The number of nitrogen functional groups attached to an aromatic ring is 1. The average molecular weight is 263 g/mol. The van der Waals surface area contributed by atoms with Crippen LogP contribution in [0.25, 0.3) is 0 Å². The maximum atomic E-state index is 5.87. The van der Waals surface area contributed by atoms with E-state index < -0.39 is 0 Å². The Bertz CT molecular complexity index is 483. The largest absolute Gasteiger partial charge is 0.383 e. The van der Waals surface area contributed by atoms with Crippen molar-refractivity contribution in [3.63, 3.8) is 0 Å². The Balaban J connectivity index is 1.98. The molecule has 2 heterocycles. The molecule has 3 N–H and O–H groups in total. The lowest BCUT2D eigenvalue weighted by molar-refractivity contribution is 0.894. The number of anilines is 2. The van der Waals surface area contributed by atoms with Crippen LogP contribution in [-0.4, -0.2) is 21.5 Å². The normalized spacial score (nSPS) is 10.5. The van der Waals surface area contributed by atoms with Crippen molar-refractivity contribution in [3.05, 3.63) is 28.5 Å². The molecule has 18 heavy (non-hydrogen) atoms. The summed E-state index contributed by atoms with van der Waals surface area (Å²) in [4.78, 5) is 12.5. The van der Waals surface area contributed by atoms with Crippen LogP contribution in [0, 0.1) is 0 Å². The number of nitrogens with two attached hydrogens (primary N) is 1. The third-order valence-corrected chi connectivity index (χ3v) is 3.27. The smallest absolute Gasteiger partial charge is 0.134 e. The number of rotatable bonds is 6. The van der Waals surface area contributed by atoms with E-state index in [9.17, 15) is 0 Å². The predicted octanol–water partition coefficient (Wildman–Crippen LogP) is 2.12. The van der Waals surface area contributed by atoms with E-state index in [0.29, 0.717) is 5.82 Å². The summed E-state index contributed by atoms with van der Waals surface area (Å²) in [6, 6.07) is 0. The van der Waals surface area contributed by atoms with Crippen LogP contribution < -0.4 is 11.1 Å². The number of hydrogen-bond donors (Lipinski definition) is 2. The predicted molar refractivity (Wildman–Crippen MR) is 74.7 cm³/mol. The highest BCUT2D eigenvalue weighted by atomic mass is 32.1. The molecule has 5 nitrogen and oxygen atoms in total. The molecule has 0 bridgehead atoms. The molecule has 2 aromatic rings. The van der Waals surface area contributed by atoms with Gasteiger partial charge >= 0.3 is 0 Å². The number of nitrogens with one attached hydrogen (secondary N) is 1. The van der Waals surface area contributed by atoms with Gasteiger partial charge in [-0.1, -0.05) is 13.3 Å². The minimum absolute atomic E-state index is 0.572. The van der Waals surface area contributed by atoms with E-state index in [1.807, 2.05) is 5.51 Å². The quantitative estimate of drug-likeness (QED) is 0.835. The van der Waals surface area contributed by atoms with Crippen LogP contribution in [0.1, 0.15) is 24.6 Å². The average Bonchev–Trinajstić information content (AvgIpc) is 2.86. The topological polar surface area (TPSA) is 76.7 Å². The Kier molecular flexibility index (Phi) is 4.46. The first-order valence-corrected chi connectivity index (χ1v) is 6.95. The summed E-state index contributed by atoms with van der Waals surface area (Å²) in [5, 5.41) is 5.37. The molecule has 2 aromatic heterocycles. The molecule has 0 atom stereocenters. The van der Waals surface area contributed by atoms with Gasteiger partial charge in [-0.3, -0.25) is 0 Å². The summed E-state index contributed by atoms with van der Waals surface area (Å²) in [6.07, 6.45) is 4.31. The van der Waals surface area contributed by atoms with Gasteiger partial charge < -0.3 is 11.1 Å². The zero-order chi connectivity index (χ0) is 12.8. The molecule has 0 aliphatic carbocycles. The van der Waals surface area contributed by atoms with Crippen molar-refractivity contribution in [2.45, 2.75) is 26.2 Å². The number of hydrogen-bond acceptors (Lipinski definition) is 6. The molecule has 6 heteroatoms. The summed E-state index contributed by atoms with van der Waals surface area (Å²) in [7, 11) is 0. The third-order valence-electron chi connectivity index (χ3n) is 2.64. The van der Waals surface area contributed by atoms with E-state index in [0.717, 1.165) is 42.9 Å². The van der Waals surface area contributed by atoms with Gasteiger partial charge in [0, 0.05) is 23.9 Å². The molecular formula is C12H17N5S. The fourth-order valence-electron chi connectivity index (χ4n) is 1.74. The SMILES string of the molecule is CCCc1c(N)ncnc1NCCc1cscn1. The molecule has 0 saturated heterocycles. The van der Waals surface area contributed by atoms with Gasteiger partial charge in [0.05, 0.1) is 11.2 Å². The van der Waals surface area contributed by atoms with E-state index in [-0.39, 0.29) is 0 Å². The second-order valence-corrected chi connectivity index (χ2v) is 4.71. The van der Waals surface area contributed by atoms with E-state index in [1.54, 1.807) is 11.3 Å². The molecule has 2 rings (SSSR count). The molecule has 0 amide bonds. The monoisotopic (exact) mass is 263 g/mol. The Morgan fingerprint density at radius 2 is 2.17 bits per heavy atom. The molecule has 96 valence electrons. The van der Waals surface area contributed by atoms with E-state index in [2.05, 4.69) is 32.6 Å². The van der Waals surface area contributed by atoms with Crippen molar-refractivity contribution in [2.75, 3.05) is 17.6 Å². The lowest BCUT2D eigenvalue weighted by atomic mass is 10.1. The lowest BCUT2D eigenvalue weighted by Gasteiger charge is -2.11. The van der Waals surface area contributed by atoms with Crippen LogP contribution >= 0.6 is 11.3 Å². The highest BCUT2D eigenvalue weighted by molar-refractivity contribution is 7.07. The fraction of sp³-hybridized carbons (Fsp3) is 0.417. The Morgan fingerprint density at radius 3 is 2.89 bits per heavy atom. The molecule has 0 fully saturated rings. The Morgan fingerprint density at radius 1 is 1.28 bits per heavy atom. The molecule has 0 saturated carbocycles. The van der Waals surface area contributed by atoms with Crippen LogP contribution in [0.15, 0.2) is 17.2 Å². The molecule has 0 spiro atoms. The molecule has 0 aliphatic rings. The maximum absolute atomic E-state index is 5.87. The summed E-state index contributed by atoms with van der Waals surface area (Å²) >= 11 is 1.62. The summed E-state index contributed by atoms with van der Waals surface area (Å²) < 4.78 is 0. The molecule has 0 aromatic carbocycles. The Hall–Kier alpha value is -1.69. The van der Waals surface area contributed by atoms with Gasteiger partial charge in [0.15, 0.2) is 0 Å². The van der Waals surface area contributed by atoms with Gasteiger partial charge in [-0.15, -0.1) is 11.3 Å². The van der Waals surface area contributed by atoms with Crippen molar-refractivity contribution in [1.82, 2.24) is 15.0 Å². The first-order valence-electron chi connectivity index (χ1n) is 6.01. The first-order chi connectivity index (χ1) is 8.81. The zero-order valence-electron chi connectivity index (χ0n) is 10.4. The molecule has 0 aliphatic heterocycles. The van der Waals surface area contributed by atoms with Crippen molar-refractivity contribution in [1.29, 1.82) is 0 Å². The summed E-state index contributed by atoms with van der Waals surface area (Å²) in [6.45, 7) is 2.92. The minimum Gasteiger partial charge on any atom is -0.383 e. The number of nitrogens with zero attached hydrogens (tertiary/aromatic N) is 3. The first kappa shape index (κ1) is 12.8. The Labute approximate surface area is 111 Å². The van der Waals surface area contributed by atoms with Gasteiger partial charge in [-0.25, -0.2) is 15.0 Å². The van der Waals surface area contributed by atoms with Crippen LogP contribution in [0.4, 0.5) is 11.6 Å². The molecular weight excluding hydrogens is 246 g/mol. The lowest BCUT2D eigenvalue weighted by Crippen LogP contribution is -2.11. The van der Waals surface area contributed by atoms with Crippen LogP contribution in [0.3, 0.4) is 0 Å². The van der Waals surface area contributed by atoms with Gasteiger partial charge in [-0.2, -0.15) is 0 Å². The van der Waals surface area contributed by atoms with Crippen molar-refractivity contribution in [3.8, 4) is 0 Å². The second kappa shape index (κ2) is 6.30. The molecule has 0 unspecified atom stereocenters. The van der Waals surface area contributed by atoms with E-state index in [1.165, 1.54) is 6.33 Å². The number of thiazole rings is 1. The van der Waals surface area contributed by atoms with Crippen LogP contribution in [0.5, 0.6) is 0 Å². The third kappa shape index (κ3) is 3.16. The van der Waals surface area contributed by atoms with Crippen molar-refractivity contribution < 1.29 is 0 Å². The van der Waals surface area contributed by atoms with Gasteiger partial charge in [-0.05, 0) is 6.42 Å². The maximum Gasteiger partial charge on any atom is 0.134 e. The van der Waals surface area contributed by atoms with Crippen LogP contribution in [0.2, 0.25) is 0 Å². The highest BCUT2D eigenvalue weighted by Gasteiger charge is 2.07. The minimum atomic E-state index is 0.572. The highest BCUT2D eigenvalue weighted by Crippen LogP contribution is 2.18. The van der Waals surface area contributed by atoms with E-state index >= 15 is 0 Å². The molecule has 0 radical (unpaired) electrons. The zero-order valence-corrected chi connectivity index (χ0v) is 11.2. The summed E-state index contributed by atoms with van der Waals surface area (Å²) in [5.74, 6) is 1.42. The van der Waals surface area contributed by atoms with Gasteiger partial charge in [0.25, 0.3) is 0 Å². The van der Waals surface area contributed by atoms with Gasteiger partial charge in [0.1, 0.15) is 18.0 Å². The summed E-state index contributed by atoms with van der Waals surface area (Å²) in [5.41, 5.74) is 9.84. The van der Waals surface area contributed by atoms with Crippen molar-refractivity contribution >= 4 is 23.0 Å². The van der Waals surface area contributed by atoms with Crippen LogP contribution in [-0.2, 0) is 12.8 Å². The van der Waals surface area contributed by atoms with Crippen molar-refractivity contribution in [2.24, 2.45) is 0 Å². The standard InChI is InChI=1S/C12H17N5S/c1-2-3-10-11(13)15-7-16-12(10)14-5-4-9-6-18-8-17-9/h6-8H,2-5H2,1H3,(H3,13,14,15,16). The number of aromatic nitrogens is 3. The van der Waals surface area contributed by atoms with Gasteiger partial charge in [0.2, 0.25) is 0 Å². The second-order valence-electron chi connectivity index (χ2n) is 3.99. The fourth-order valence-corrected chi connectivity index (χ4v) is 2.34.